The second-order valence-electron chi connectivity index (χ2n) is 6.31. The van der Waals surface area contributed by atoms with Crippen LogP contribution >= 0.6 is 0 Å². The number of fused-ring (bicyclic) bond motifs is 1. The lowest BCUT2D eigenvalue weighted by molar-refractivity contribution is -0.121. The number of rotatable bonds is 5. The summed E-state index contributed by atoms with van der Waals surface area (Å²) in [4.78, 5) is 14.4. The number of hydrogen-bond acceptors (Lipinski definition) is 2. The molecule has 0 radical (unpaired) electrons. The smallest absolute Gasteiger partial charge is 0.221 e. The van der Waals surface area contributed by atoms with Crippen molar-refractivity contribution in [3.8, 4) is 0 Å². The molecule has 2 aromatic carbocycles. The van der Waals surface area contributed by atoms with Crippen molar-refractivity contribution in [3.63, 3.8) is 0 Å². The van der Waals surface area contributed by atoms with E-state index in [9.17, 15) is 4.79 Å². The first kappa shape index (κ1) is 15.8. The molecule has 0 saturated heterocycles. The van der Waals surface area contributed by atoms with E-state index in [0.29, 0.717) is 13.0 Å². The quantitative estimate of drug-likeness (QED) is 0.921. The third-order valence-electron chi connectivity index (χ3n) is 4.44. The first-order valence-corrected chi connectivity index (χ1v) is 8.32. The van der Waals surface area contributed by atoms with Crippen molar-refractivity contribution in [3.05, 3.63) is 70.8 Å². The Morgan fingerprint density at radius 2 is 1.96 bits per heavy atom. The first-order valence-electron chi connectivity index (χ1n) is 8.32. The SMILES string of the molecule is Cc1cccc(CNC(=O)CCN2CCc3ccccc3C2)c1. The molecule has 0 saturated carbocycles. The van der Waals surface area contributed by atoms with Crippen molar-refractivity contribution in [2.45, 2.75) is 32.9 Å². The summed E-state index contributed by atoms with van der Waals surface area (Å²) in [5.41, 5.74) is 5.24. The fourth-order valence-electron chi connectivity index (χ4n) is 3.12. The molecule has 0 aliphatic carbocycles. The average molecular weight is 308 g/mol. The fourth-order valence-corrected chi connectivity index (χ4v) is 3.12. The monoisotopic (exact) mass is 308 g/mol. The Balaban J connectivity index is 1.43. The largest absolute Gasteiger partial charge is 0.352 e. The molecule has 3 nitrogen and oxygen atoms in total. The van der Waals surface area contributed by atoms with Gasteiger partial charge in [0.05, 0.1) is 0 Å². The number of nitrogens with zero attached hydrogens (tertiary/aromatic N) is 1. The van der Waals surface area contributed by atoms with Crippen molar-refractivity contribution in [2.24, 2.45) is 0 Å². The van der Waals surface area contributed by atoms with Gasteiger partial charge >= 0.3 is 0 Å². The molecule has 0 atom stereocenters. The molecule has 0 spiro atoms. The summed E-state index contributed by atoms with van der Waals surface area (Å²) >= 11 is 0. The normalized spacial score (nSPS) is 14.3. The molecule has 120 valence electrons. The van der Waals surface area contributed by atoms with Crippen LogP contribution in [0.4, 0.5) is 0 Å². The van der Waals surface area contributed by atoms with Gasteiger partial charge in [-0.15, -0.1) is 0 Å². The topological polar surface area (TPSA) is 32.3 Å². The van der Waals surface area contributed by atoms with E-state index in [1.165, 1.54) is 16.7 Å². The highest BCUT2D eigenvalue weighted by molar-refractivity contribution is 5.76. The Hall–Kier alpha value is -2.13. The maximum absolute atomic E-state index is 12.1. The van der Waals surface area contributed by atoms with Crippen molar-refractivity contribution >= 4 is 5.91 Å². The van der Waals surface area contributed by atoms with E-state index in [-0.39, 0.29) is 5.91 Å². The van der Waals surface area contributed by atoms with E-state index < -0.39 is 0 Å². The van der Waals surface area contributed by atoms with Crippen LogP contribution in [0.3, 0.4) is 0 Å². The second kappa shape index (κ2) is 7.42. The third-order valence-corrected chi connectivity index (χ3v) is 4.44. The number of amides is 1. The molecule has 0 fully saturated rings. The Morgan fingerprint density at radius 3 is 2.78 bits per heavy atom. The highest BCUT2D eigenvalue weighted by atomic mass is 16.1. The first-order chi connectivity index (χ1) is 11.2. The van der Waals surface area contributed by atoms with Gasteiger partial charge in [0.1, 0.15) is 0 Å². The molecular weight excluding hydrogens is 284 g/mol. The lowest BCUT2D eigenvalue weighted by atomic mass is 10.00. The third kappa shape index (κ3) is 4.42. The van der Waals surface area contributed by atoms with E-state index in [1.54, 1.807) is 0 Å². The van der Waals surface area contributed by atoms with Crippen molar-refractivity contribution in [1.29, 1.82) is 0 Å². The Kier molecular flexibility index (Phi) is 5.09. The Morgan fingerprint density at radius 1 is 1.13 bits per heavy atom. The maximum atomic E-state index is 12.1. The lowest BCUT2D eigenvalue weighted by Crippen LogP contribution is -2.34. The van der Waals surface area contributed by atoms with Crippen molar-refractivity contribution in [2.75, 3.05) is 13.1 Å². The van der Waals surface area contributed by atoms with Gasteiger partial charge < -0.3 is 5.32 Å². The predicted octanol–water partition coefficient (Wildman–Crippen LogP) is 3.06. The summed E-state index contributed by atoms with van der Waals surface area (Å²) in [6, 6.07) is 16.9. The van der Waals surface area contributed by atoms with Crippen LogP contribution in [0.25, 0.3) is 0 Å². The van der Waals surface area contributed by atoms with Crippen LogP contribution in [-0.2, 0) is 24.3 Å². The summed E-state index contributed by atoms with van der Waals surface area (Å²) in [6.07, 6.45) is 1.65. The molecule has 1 aliphatic heterocycles. The van der Waals surface area contributed by atoms with E-state index in [1.807, 2.05) is 6.07 Å². The zero-order valence-corrected chi connectivity index (χ0v) is 13.7. The molecule has 23 heavy (non-hydrogen) atoms. The molecule has 1 N–H and O–H groups in total. The molecule has 0 unspecified atom stereocenters. The van der Waals surface area contributed by atoms with Gasteiger partial charge in [0, 0.05) is 32.6 Å². The summed E-state index contributed by atoms with van der Waals surface area (Å²) < 4.78 is 0. The minimum atomic E-state index is 0.130. The van der Waals surface area contributed by atoms with Gasteiger partial charge in [-0.25, -0.2) is 0 Å². The molecule has 1 heterocycles. The van der Waals surface area contributed by atoms with Crippen LogP contribution in [-0.4, -0.2) is 23.9 Å². The zero-order valence-electron chi connectivity index (χ0n) is 13.7. The molecule has 0 bridgehead atoms. The predicted molar refractivity (Wildman–Crippen MR) is 93.1 cm³/mol. The molecule has 2 aromatic rings. The van der Waals surface area contributed by atoms with Gasteiger partial charge in [-0.2, -0.15) is 0 Å². The molecule has 1 aliphatic rings. The zero-order chi connectivity index (χ0) is 16.1. The maximum Gasteiger partial charge on any atom is 0.221 e. The van der Waals surface area contributed by atoms with E-state index >= 15 is 0 Å². The summed E-state index contributed by atoms with van der Waals surface area (Å²) in [7, 11) is 0. The lowest BCUT2D eigenvalue weighted by Gasteiger charge is -2.28. The van der Waals surface area contributed by atoms with E-state index in [0.717, 1.165) is 31.6 Å². The van der Waals surface area contributed by atoms with Crippen LogP contribution in [0.15, 0.2) is 48.5 Å². The minimum Gasteiger partial charge on any atom is -0.352 e. The van der Waals surface area contributed by atoms with Gasteiger partial charge in [-0.3, -0.25) is 9.69 Å². The number of hydrogen-bond donors (Lipinski definition) is 1. The standard InChI is InChI=1S/C20H24N2O/c1-16-5-4-6-17(13-16)14-21-20(23)10-12-22-11-9-18-7-2-3-8-19(18)15-22/h2-8,13H,9-12,14-15H2,1H3,(H,21,23). The summed E-state index contributed by atoms with van der Waals surface area (Å²) in [6.45, 7) is 5.51. The fraction of sp³-hybridized carbons (Fsp3) is 0.350. The van der Waals surface area contributed by atoms with E-state index in [2.05, 4.69) is 59.6 Å². The van der Waals surface area contributed by atoms with Gasteiger partial charge in [-0.1, -0.05) is 54.1 Å². The number of carbonyl (C=O) groups is 1. The molecule has 0 aromatic heterocycles. The molecular formula is C20H24N2O. The molecule has 3 heteroatoms. The summed E-state index contributed by atoms with van der Waals surface area (Å²) in [5.74, 6) is 0.130. The van der Waals surface area contributed by atoms with Crippen LogP contribution in [0.5, 0.6) is 0 Å². The summed E-state index contributed by atoms with van der Waals surface area (Å²) in [5, 5.41) is 3.02. The average Bonchev–Trinajstić information content (AvgIpc) is 2.58. The van der Waals surface area contributed by atoms with Crippen LogP contribution < -0.4 is 5.32 Å². The molecule has 1 amide bonds. The van der Waals surface area contributed by atoms with Crippen LogP contribution in [0, 0.1) is 6.92 Å². The van der Waals surface area contributed by atoms with Crippen LogP contribution in [0.1, 0.15) is 28.7 Å². The molecule has 3 rings (SSSR count). The van der Waals surface area contributed by atoms with Gasteiger partial charge in [0.2, 0.25) is 5.91 Å². The van der Waals surface area contributed by atoms with Crippen LogP contribution in [0.2, 0.25) is 0 Å². The number of nitrogens with one attached hydrogen (secondary N) is 1. The van der Waals surface area contributed by atoms with E-state index in [4.69, 9.17) is 0 Å². The highest BCUT2D eigenvalue weighted by Crippen LogP contribution is 2.18. The number of carbonyl (C=O) groups excluding carboxylic acids is 1. The Bertz CT molecular complexity index is 681. The van der Waals surface area contributed by atoms with Crippen molar-refractivity contribution in [1.82, 2.24) is 10.2 Å². The van der Waals surface area contributed by atoms with Gasteiger partial charge in [0.15, 0.2) is 0 Å². The minimum absolute atomic E-state index is 0.130. The highest BCUT2D eigenvalue weighted by Gasteiger charge is 2.16. The number of aryl methyl sites for hydroxylation is 1. The second-order valence-corrected chi connectivity index (χ2v) is 6.31. The van der Waals surface area contributed by atoms with Crippen molar-refractivity contribution < 1.29 is 4.79 Å². The van der Waals surface area contributed by atoms with Gasteiger partial charge in [0.25, 0.3) is 0 Å². The van der Waals surface area contributed by atoms with Gasteiger partial charge in [-0.05, 0) is 30.0 Å². The Labute approximate surface area is 138 Å². The number of benzene rings is 2.